The second kappa shape index (κ2) is 30.3. The number of nitrogens with zero attached hydrogens (tertiary/aromatic N) is 4. The zero-order chi connectivity index (χ0) is 71.3. The molecule has 10 rings (SSSR count). The third kappa shape index (κ3) is 14.6. The minimum atomic E-state index is -3.11. The van der Waals surface area contributed by atoms with Crippen LogP contribution in [0.1, 0.15) is 73.6 Å². The van der Waals surface area contributed by atoms with Crippen molar-refractivity contribution in [3.63, 3.8) is 0 Å². The molecule has 5 N–H and O–H groups in total. The fourth-order valence-corrected chi connectivity index (χ4v) is 12.6. The maximum atomic E-state index is 15.4. The molecule has 0 spiro atoms. The van der Waals surface area contributed by atoms with Gasteiger partial charge in [0.15, 0.2) is 76.6 Å². The zero-order valence-electron chi connectivity index (χ0n) is 50.8. The Hall–Kier alpha value is -6.56. The Balaban J connectivity index is 0.000000183. The number of aliphatic hydroxyl groups excluding tert-OH is 3. The molecule has 524 valence electrons. The second-order valence-corrected chi connectivity index (χ2v) is 24.6. The number of ether oxygens (including phenoxy) is 6. The molecule has 4 amide bonds. The van der Waals surface area contributed by atoms with Crippen molar-refractivity contribution >= 4 is 104 Å². The van der Waals surface area contributed by atoms with Crippen LogP contribution in [0, 0.1) is 11.8 Å². The molecule has 0 bridgehead atoms. The minimum absolute atomic E-state index is 0.139. The summed E-state index contributed by atoms with van der Waals surface area (Å²) < 4.78 is 145. The number of carbonyl (C=O) groups excluding carboxylic acids is 10. The fraction of sp³-hybridized carbons (Fsp3) is 0.508. The summed E-state index contributed by atoms with van der Waals surface area (Å²) in [4.78, 5) is 122. The lowest BCUT2D eigenvalue weighted by atomic mass is 9.84. The highest BCUT2D eigenvalue weighted by Gasteiger charge is 2.71. The predicted molar refractivity (Wildman–Crippen MR) is 326 cm³/mol. The largest absolute Gasteiger partial charge is 0.447 e. The van der Waals surface area contributed by atoms with Crippen LogP contribution in [0.25, 0.3) is 0 Å². The summed E-state index contributed by atoms with van der Waals surface area (Å²) in [5, 5.41) is 48.4. The van der Waals surface area contributed by atoms with Crippen LogP contribution >= 0.6 is 45.2 Å². The van der Waals surface area contributed by atoms with Gasteiger partial charge in [0.1, 0.15) is 39.4 Å². The average Bonchev–Trinajstić information content (AvgIpc) is 1.70. The number of hydrogen-bond donors (Lipinski definition) is 5. The fourth-order valence-electron chi connectivity index (χ4n) is 11.2. The Bertz CT molecular complexity index is 3230. The molecule has 25 nitrogen and oxygen atoms in total. The number of halogens is 10. The first-order chi connectivity index (χ1) is 45.1. The number of hydrogen-bond acceptors (Lipinski definition) is 21. The lowest BCUT2D eigenvalue weighted by Gasteiger charge is -2.38. The molecular formula is C61H64F8I2N4O21. The number of amides is 4. The van der Waals surface area contributed by atoms with Gasteiger partial charge < -0.3 is 54.0 Å². The van der Waals surface area contributed by atoms with Gasteiger partial charge in [0, 0.05) is 31.2 Å². The van der Waals surface area contributed by atoms with Crippen LogP contribution in [-0.4, -0.2) is 229 Å². The highest BCUT2D eigenvalue weighted by Crippen LogP contribution is 2.52. The molecule has 35 heteroatoms. The highest BCUT2D eigenvalue weighted by atomic mass is 127. The molecular weight excluding hydrogens is 1530 g/mol. The summed E-state index contributed by atoms with van der Waals surface area (Å²) in [6, 6.07) is 15.8. The SMILES string of the molecule is CC[C@@]1(F)O[C@@H](N2C=CC(=O)CC2=O)[C@](CF)(OC(=O)c2ccccc2)[C@@H]1C.C[C@H]1[C@@](CF)(OC(=O)c2ccccc2)[C@H](N2C=CC(=O)CC2=O)O[C@]1(F)CI.O=C1C=CN([C@@H]2O[C@](F)(CI)[C@@H](O)[C@]2(O)CF)C(=O)C1.O=C1C=CN([C@@H]2O[C@](F)(CO)[C@@H](O)[C@]2(O)CF)C(=O)C1. The van der Waals surface area contributed by atoms with E-state index in [1.807, 2.05) is 0 Å². The highest BCUT2D eigenvalue weighted by molar-refractivity contribution is 14.1. The number of alkyl halides is 10. The molecule has 8 heterocycles. The van der Waals surface area contributed by atoms with Crippen molar-refractivity contribution < 1.29 is 137 Å². The zero-order valence-corrected chi connectivity index (χ0v) is 55.1. The van der Waals surface area contributed by atoms with E-state index < -0.39 is 212 Å². The van der Waals surface area contributed by atoms with Gasteiger partial charge in [0.2, 0.25) is 41.2 Å². The van der Waals surface area contributed by atoms with E-state index in [0.29, 0.717) is 4.90 Å². The van der Waals surface area contributed by atoms with Crippen molar-refractivity contribution in [1.82, 2.24) is 19.6 Å². The van der Waals surface area contributed by atoms with E-state index in [9.17, 15) is 94.7 Å². The summed E-state index contributed by atoms with van der Waals surface area (Å²) in [6.07, 6.45) is -4.94. The molecule has 16 atom stereocenters. The van der Waals surface area contributed by atoms with Crippen LogP contribution < -0.4 is 0 Å². The van der Waals surface area contributed by atoms with E-state index >= 15 is 8.78 Å². The predicted octanol–water partition coefficient (Wildman–Crippen LogP) is 4.09. The molecule has 0 aromatic heterocycles. The molecule has 8 aliphatic heterocycles. The molecule has 2 aromatic carbocycles. The quantitative estimate of drug-likeness (QED) is 0.0519. The van der Waals surface area contributed by atoms with Gasteiger partial charge in [-0.15, -0.1) is 0 Å². The van der Waals surface area contributed by atoms with Gasteiger partial charge in [-0.25, -0.2) is 44.7 Å². The van der Waals surface area contributed by atoms with Crippen molar-refractivity contribution in [2.24, 2.45) is 11.8 Å². The van der Waals surface area contributed by atoms with Gasteiger partial charge >= 0.3 is 11.9 Å². The van der Waals surface area contributed by atoms with Crippen LogP contribution in [0.5, 0.6) is 0 Å². The third-order valence-corrected chi connectivity index (χ3v) is 19.2. The van der Waals surface area contributed by atoms with Crippen LogP contribution in [0.3, 0.4) is 0 Å². The number of ketones is 4. The molecule has 96 heavy (non-hydrogen) atoms. The summed E-state index contributed by atoms with van der Waals surface area (Å²) in [6.45, 7) is -2.73. The van der Waals surface area contributed by atoms with E-state index in [0.717, 1.165) is 63.8 Å². The van der Waals surface area contributed by atoms with E-state index in [2.05, 4.69) is 4.74 Å². The molecule has 0 saturated carbocycles. The van der Waals surface area contributed by atoms with Gasteiger partial charge in [-0.2, -0.15) is 0 Å². The van der Waals surface area contributed by atoms with Crippen molar-refractivity contribution in [2.75, 3.05) is 42.2 Å². The summed E-state index contributed by atoms with van der Waals surface area (Å²) in [7, 11) is 0. The van der Waals surface area contributed by atoms with Crippen molar-refractivity contribution in [1.29, 1.82) is 0 Å². The Kier molecular flexibility index (Phi) is 24.2. The molecule has 8 aliphatic rings. The van der Waals surface area contributed by atoms with E-state index in [4.69, 9.17) is 28.8 Å². The lowest BCUT2D eigenvalue weighted by Crippen LogP contribution is -2.58. The topological polar surface area (TPSA) is 340 Å². The Morgan fingerprint density at radius 2 is 0.781 bits per heavy atom. The third-order valence-electron chi connectivity index (χ3n) is 17.1. The number of allylic oxidation sites excluding steroid dienone is 4. The van der Waals surface area contributed by atoms with Crippen molar-refractivity contribution in [3.05, 3.63) is 121 Å². The minimum Gasteiger partial charge on any atom is -0.447 e. The number of benzene rings is 2. The van der Waals surface area contributed by atoms with Gasteiger partial charge in [-0.3, -0.25) is 58.0 Å². The van der Waals surface area contributed by atoms with Gasteiger partial charge in [0.25, 0.3) is 5.85 Å². The maximum Gasteiger partial charge on any atom is 0.338 e. The standard InChI is InChI=1S/C20H21F2NO5.C19H18F2INO5.C11H12F2INO5.C11H13F2NO6/c1-3-20(22)13(2)19(12-21,27-17(26)14-7-5-4-6-8-14)18(28-20)23-10-9-15(24)11-16(23)25;1-12-18(10-20,27-16(26)13-5-3-2-4-6-13)17(28-19(12,21)11-22)23-8-7-14(24)9-15(23)25;12-4-10(19)8(18)11(13,5-14)20-9(10)15-2-1-6(16)3-7(15)17;12-4-10(19)8(18)11(13,5-15)20-9(10)14-2-1-6(16)3-7(14)17/h4-10,13,18H,3,11-12H2,1-2H3;2-8,12,17H,9-11H2,1H3;1-2,8-9,18-19H,3-5H2;1-2,8-9,15,18-19H,3-5H2/t13-,18+,19+,20+;12-,17+,18+,19+;2*8-,9+,10+,11+/m0000/s1. The Morgan fingerprint density at radius 3 is 1.07 bits per heavy atom. The number of carbonyl (C=O) groups is 10. The number of aliphatic hydroxyl groups is 5. The van der Waals surface area contributed by atoms with Gasteiger partial charge in [-0.05, 0) is 48.6 Å². The van der Waals surface area contributed by atoms with Crippen LogP contribution in [-0.2, 0) is 66.8 Å². The molecule has 0 unspecified atom stereocenters. The number of rotatable bonds is 16. The molecule has 0 aliphatic carbocycles. The summed E-state index contributed by atoms with van der Waals surface area (Å²) >= 11 is 3.33. The van der Waals surface area contributed by atoms with Gasteiger partial charge in [0.05, 0.1) is 57.5 Å². The smallest absolute Gasteiger partial charge is 0.338 e. The average molecular weight is 1590 g/mol. The monoisotopic (exact) mass is 1590 g/mol. The molecule has 4 fully saturated rings. The van der Waals surface area contributed by atoms with Crippen LogP contribution in [0.15, 0.2) is 110 Å². The Morgan fingerprint density at radius 1 is 0.490 bits per heavy atom. The van der Waals surface area contributed by atoms with Crippen LogP contribution in [0.4, 0.5) is 35.1 Å². The summed E-state index contributed by atoms with van der Waals surface area (Å²) in [5.74, 6) is -19.4. The number of esters is 2. The lowest BCUT2D eigenvalue weighted by molar-refractivity contribution is -0.213. The van der Waals surface area contributed by atoms with Crippen LogP contribution in [0.2, 0.25) is 0 Å². The van der Waals surface area contributed by atoms with E-state index in [-0.39, 0.29) is 26.4 Å². The van der Waals surface area contributed by atoms with Gasteiger partial charge in [-0.1, -0.05) is 102 Å². The maximum absolute atomic E-state index is 15.4. The second-order valence-electron chi connectivity index (χ2n) is 23.0. The Labute approximate surface area is 568 Å². The van der Waals surface area contributed by atoms with E-state index in [1.54, 1.807) is 81.6 Å². The normalized spacial score (nSPS) is 36.4. The van der Waals surface area contributed by atoms with Crippen molar-refractivity contribution in [3.8, 4) is 0 Å². The van der Waals surface area contributed by atoms with Crippen molar-refractivity contribution in [2.45, 2.75) is 136 Å². The first-order valence-corrected chi connectivity index (χ1v) is 32.1. The summed E-state index contributed by atoms with van der Waals surface area (Å²) in [5.41, 5.74) is -9.18. The molecule has 2 aromatic rings. The van der Waals surface area contributed by atoms with E-state index in [1.165, 1.54) is 45.0 Å². The molecule has 4 saturated heterocycles. The first kappa shape index (κ1) is 76.8. The first-order valence-electron chi connectivity index (χ1n) is 29.0. The molecule has 0 radical (unpaired) electrons.